The van der Waals surface area contributed by atoms with Crippen molar-refractivity contribution < 1.29 is 0 Å². The summed E-state index contributed by atoms with van der Waals surface area (Å²) in [7, 11) is 0. The van der Waals surface area contributed by atoms with Crippen molar-refractivity contribution in [1.82, 2.24) is 4.90 Å². The third-order valence-corrected chi connectivity index (χ3v) is 5.22. The molecule has 0 spiro atoms. The maximum atomic E-state index is 5.85. The minimum atomic E-state index is 0.896. The molecule has 1 aromatic carbocycles. The SMILES string of the molecule is Nc1cccc(CCCN2CCCC2C2CCCC2)c1. The smallest absolute Gasteiger partial charge is 0.0316 e. The lowest BCUT2D eigenvalue weighted by atomic mass is 9.96. The quantitative estimate of drug-likeness (QED) is 0.825. The molecule has 2 nitrogen and oxygen atoms in total. The van der Waals surface area contributed by atoms with Crippen LogP contribution in [-0.4, -0.2) is 24.0 Å². The molecule has 20 heavy (non-hydrogen) atoms. The third-order valence-electron chi connectivity index (χ3n) is 5.22. The molecule has 0 bridgehead atoms. The van der Waals surface area contributed by atoms with Crippen LogP contribution in [0, 0.1) is 5.92 Å². The van der Waals surface area contributed by atoms with Crippen LogP contribution in [0.4, 0.5) is 5.69 Å². The van der Waals surface area contributed by atoms with Gasteiger partial charge in [-0.15, -0.1) is 0 Å². The van der Waals surface area contributed by atoms with E-state index in [4.69, 9.17) is 5.73 Å². The second-order valence-electron chi connectivity index (χ2n) is 6.64. The van der Waals surface area contributed by atoms with E-state index in [1.165, 1.54) is 70.0 Å². The van der Waals surface area contributed by atoms with E-state index < -0.39 is 0 Å². The topological polar surface area (TPSA) is 29.3 Å². The normalized spacial score (nSPS) is 24.5. The summed E-state index contributed by atoms with van der Waals surface area (Å²) in [6, 6.07) is 9.27. The second-order valence-corrected chi connectivity index (χ2v) is 6.64. The van der Waals surface area contributed by atoms with Crippen LogP contribution in [0.15, 0.2) is 24.3 Å². The Hall–Kier alpha value is -1.02. The molecule has 2 aliphatic rings. The van der Waals surface area contributed by atoms with Gasteiger partial charge in [0.2, 0.25) is 0 Å². The first-order chi connectivity index (χ1) is 9.83. The molecule has 1 heterocycles. The largest absolute Gasteiger partial charge is 0.399 e. The molecule has 1 atom stereocenters. The zero-order valence-corrected chi connectivity index (χ0v) is 12.6. The Labute approximate surface area is 123 Å². The number of hydrogen-bond donors (Lipinski definition) is 1. The van der Waals surface area contributed by atoms with E-state index in [2.05, 4.69) is 23.1 Å². The third kappa shape index (κ3) is 3.35. The fourth-order valence-electron chi connectivity index (χ4n) is 4.24. The van der Waals surface area contributed by atoms with Gasteiger partial charge in [-0.05, 0) is 75.2 Å². The van der Waals surface area contributed by atoms with Gasteiger partial charge in [-0.1, -0.05) is 25.0 Å². The van der Waals surface area contributed by atoms with Crippen molar-refractivity contribution >= 4 is 5.69 Å². The summed E-state index contributed by atoms with van der Waals surface area (Å²) >= 11 is 0. The molecule has 2 fully saturated rings. The molecule has 1 saturated heterocycles. The molecular formula is C18H28N2. The predicted octanol–water partition coefficient (Wildman–Crippen LogP) is 3.86. The van der Waals surface area contributed by atoms with Gasteiger partial charge in [0.1, 0.15) is 0 Å². The average Bonchev–Trinajstić information content (AvgIpc) is 3.09. The molecule has 0 aromatic heterocycles. The Morgan fingerprint density at radius 3 is 2.75 bits per heavy atom. The average molecular weight is 272 g/mol. The Bertz CT molecular complexity index is 423. The number of nitrogen functional groups attached to an aromatic ring is 1. The number of rotatable bonds is 5. The maximum absolute atomic E-state index is 5.85. The van der Waals surface area contributed by atoms with Crippen LogP contribution in [0.5, 0.6) is 0 Å². The minimum absolute atomic E-state index is 0.896. The molecule has 1 aliphatic carbocycles. The van der Waals surface area contributed by atoms with Crippen LogP contribution in [0.3, 0.4) is 0 Å². The van der Waals surface area contributed by atoms with Crippen molar-refractivity contribution in [2.45, 2.75) is 57.4 Å². The Morgan fingerprint density at radius 2 is 1.95 bits per heavy atom. The monoisotopic (exact) mass is 272 g/mol. The van der Waals surface area contributed by atoms with Gasteiger partial charge in [0.25, 0.3) is 0 Å². The second kappa shape index (κ2) is 6.62. The zero-order valence-electron chi connectivity index (χ0n) is 12.6. The van der Waals surface area contributed by atoms with Gasteiger partial charge in [0.15, 0.2) is 0 Å². The lowest BCUT2D eigenvalue weighted by Gasteiger charge is -2.29. The number of benzene rings is 1. The van der Waals surface area contributed by atoms with Crippen molar-refractivity contribution in [2.24, 2.45) is 5.92 Å². The van der Waals surface area contributed by atoms with Gasteiger partial charge < -0.3 is 10.6 Å². The van der Waals surface area contributed by atoms with E-state index >= 15 is 0 Å². The van der Waals surface area contributed by atoms with Crippen LogP contribution in [0.25, 0.3) is 0 Å². The van der Waals surface area contributed by atoms with Crippen LogP contribution < -0.4 is 5.73 Å². The maximum Gasteiger partial charge on any atom is 0.0316 e. The van der Waals surface area contributed by atoms with E-state index in [-0.39, 0.29) is 0 Å². The van der Waals surface area contributed by atoms with Crippen molar-refractivity contribution in [3.8, 4) is 0 Å². The Morgan fingerprint density at radius 1 is 1.10 bits per heavy atom. The first kappa shape index (κ1) is 13.9. The van der Waals surface area contributed by atoms with Crippen LogP contribution in [0.1, 0.15) is 50.5 Å². The van der Waals surface area contributed by atoms with Gasteiger partial charge in [0, 0.05) is 11.7 Å². The molecule has 2 N–H and O–H groups in total. The first-order valence-electron chi connectivity index (χ1n) is 8.41. The first-order valence-corrected chi connectivity index (χ1v) is 8.41. The van der Waals surface area contributed by atoms with Crippen molar-refractivity contribution in [3.63, 3.8) is 0 Å². The molecule has 0 radical (unpaired) electrons. The molecule has 1 aromatic rings. The van der Waals surface area contributed by atoms with E-state index in [1.807, 2.05) is 6.07 Å². The Kier molecular flexibility index (Phi) is 4.62. The van der Waals surface area contributed by atoms with E-state index in [0.717, 1.165) is 17.6 Å². The van der Waals surface area contributed by atoms with Crippen molar-refractivity contribution in [2.75, 3.05) is 18.8 Å². The van der Waals surface area contributed by atoms with Crippen molar-refractivity contribution in [1.29, 1.82) is 0 Å². The fourth-order valence-corrected chi connectivity index (χ4v) is 4.24. The molecule has 1 unspecified atom stereocenters. The predicted molar refractivity (Wildman–Crippen MR) is 85.7 cm³/mol. The van der Waals surface area contributed by atoms with Gasteiger partial charge in [0.05, 0.1) is 0 Å². The van der Waals surface area contributed by atoms with Crippen molar-refractivity contribution in [3.05, 3.63) is 29.8 Å². The zero-order chi connectivity index (χ0) is 13.8. The highest BCUT2D eigenvalue weighted by Gasteiger charge is 2.32. The molecule has 1 saturated carbocycles. The lowest BCUT2D eigenvalue weighted by Crippen LogP contribution is -2.35. The van der Waals surface area contributed by atoms with Gasteiger partial charge in [-0.2, -0.15) is 0 Å². The minimum Gasteiger partial charge on any atom is -0.399 e. The highest BCUT2D eigenvalue weighted by molar-refractivity contribution is 5.40. The van der Waals surface area contributed by atoms with E-state index in [9.17, 15) is 0 Å². The highest BCUT2D eigenvalue weighted by atomic mass is 15.2. The van der Waals surface area contributed by atoms with Crippen LogP contribution in [-0.2, 0) is 6.42 Å². The van der Waals surface area contributed by atoms with E-state index in [0.29, 0.717) is 0 Å². The number of anilines is 1. The summed E-state index contributed by atoms with van der Waals surface area (Å²) in [6.45, 7) is 2.61. The van der Waals surface area contributed by atoms with Gasteiger partial charge in [-0.3, -0.25) is 0 Å². The summed E-state index contributed by atoms with van der Waals surface area (Å²) in [5, 5.41) is 0. The summed E-state index contributed by atoms with van der Waals surface area (Å²) < 4.78 is 0. The summed E-state index contributed by atoms with van der Waals surface area (Å²) in [5.41, 5.74) is 8.13. The lowest BCUT2D eigenvalue weighted by molar-refractivity contribution is 0.189. The number of hydrogen-bond acceptors (Lipinski definition) is 2. The number of likely N-dealkylation sites (tertiary alicyclic amines) is 1. The fraction of sp³-hybridized carbons (Fsp3) is 0.667. The number of nitrogens with zero attached hydrogens (tertiary/aromatic N) is 1. The summed E-state index contributed by atoms with van der Waals surface area (Å²) in [4.78, 5) is 2.78. The molecule has 0 amide bonds. The summed E-state index contributed by atoms with van der Waals surface area (Å²) in [5.74, 6) is 1.00. The van der Waals surface area contributed by atoms with E-state index in [1.54, 1.807) is 0 Å². The van der Waals surface area contributed by atoms with Crippen LogP contribution >= 0.6 is 0 Å². The number of aryl methyl sites for hydroxylation is 1. The molecule has 2 heteroatoms. The molecule has 1 aliphatic heterocycles. The standard InChI is InChI=1S/C18H28N2/c19-17-10-3-6-15(14-17)7-4-12-20-13-5-11-18(20)16-8-1-2-9-16/h3,6,10,14,16,18H,1-2,4-5,7-9,11-13,19H2. The summed E-state index contributed by atoms with van der Waals surface area (Å²) in [6.07, 6.45) is 11.2. The molecule has 3 rings (SSSR count). The highest BCUT2D eigenvalue weighted by Crippen LogP contribution is 2.35. The van der Waals surface area contributed by atoms with Gasteiger partial charge >= 0.3 is 0 Å². The molecule has 110 valence electrons. The van der Waals surface area contributed by atoms with Crippen LogP contribution in [0.2, 0.25) is 0 Å². The Balaban J connectivity index is 1.47. The molecular weight excluding hydrogens is 244 g/mol. The number of nitrogens with two attached hydrogens (primary N) is 1. The van der Waals surface area contributed by atoms with Gasteiger partial charge in [-0.25, -0.2) is 0 Å².